The molecule has 2 aromatic carbocycles. The minimum absolute atomic E-state index is 0.0997. The zero-order chi connectivity index (χ0) is 26.3. The molecule has 0 aliphatic rings. The number of aromatic nitrogens is 5. The first-order valence-corrected chi connectivity index (χ1v) is 11.6. The summed E-state index contributed by atoms with van der Waals surface area (Å²) in [5.74, 6) is -2.91. The number of nitrogens with zero attached hydrogens (tertiary/aromatic N) is 6. The third kappa shape index (κ3) is 4.54. The summed E-state index contributed by atoms with van der Waals surface area (Å²) < 4.78 is 17.6. The van der Waals surface area contributed by atoms with Crippen molar-refractivity contribution in [3.63, 3.8) is 0 Å². The number of carbonyl (C=O) groups excluding carboxylic acids is 1. The molecule has 1 amide bonds. The van der Waals surface area contributed by atoms with Gasteiger partial charge in [0.25, 0.3) is 5.91 Å². The standard InChI is InChI=1S/C26H20ClFN6O3/c1-15(2)34(25(35)19-9-6-17(27)12-21(19)28)24-20(26(36)37)14-33(31-24)18-7-4-16(5-8-18)22-13-23-29-10-3-11-32(23)30-22/h3-15H,1-2H3,(H,36,37). The normalized spacial score (nSPS) is 11.3. The van der Waals surface area contributed by atoms with E-state index in [0.29, 0.717) is 11.3 Å². The Bertz CT molecular complexity index is 1610. The fourth-order valence-corrected chi connectivity index (χ4v) is 4.11. The number of halogens is 2. The van der Waals surface area contributed by atoms with Gasteiger partial charge in [0.15, 0.2) is 11.5 Å². The van der Waals surface area contributed by atoms with Crippen LogP contribution in [0.25, 0.3) is 22.6 Å². The topological polar surface area (TPSA) is 106 Å². The molecule has 11 heteroatoms. The Balaban J connectivity index is 1.52. The van der Waals surface area contributed by atoms with E-state index >= 15 is 0 Å². The minimum atomic E-state index is -1.27. The van der Waals surface area contributed by atoms with Crippen molar-refractivity contribution in [1.29, 1.82) is 0 Å². The molecule has 1 N–H and O–H groups in total. The molecule has 0 aliphatic carbocycles. The number of carbonyl (C=O) groups is 2. The number of hydrogen-bond acceptors (Lipinski definition) is 5. The Kier molecular flexibility index (Phi) is 6.18. The minimum Gasteiger partial charge on any atom is -0.477 e. The second-order valence-electron chi connectivity index (χ2n) is 8.51. The van der Waals surface area contributed by atoms with E-state index in [1.54, 1.807) is 49.0 Å². The monoisotopic (exact) mass is 518 g/mol. The summed E-state index contributed by atoms with van der Waals surface area (Å²) in [7, 11) is 0. The Morgan fingerprint density at radius 1 is 1.05 bits per heavy atom. The average Bonchev–Trinajstić information content (AvgIpc) is 3.49. The van der Waals surface area contributed by atoms with Crippen LogP contribution in [0.2, 0.25) is 5.02 Å². The van der Waals surface area contributed by atoms with Gasteiger partial charge in [-0.05, 0) is 50.2 Å². The van der Waals surface area contributed by atoms with Gasteiger partial charge in [-0.15, -0.1) is 5.10 Å². The SMILES string of the molecule is CC(C)N(C(=O)c1ccc(Cl)cc1F)c1nn(-c2ccc(-c3cc4ncccn4n3)cc2)cc1C(=O)O. The Morgan fingerprint density at radius 2 is 1.81 bits per heavy atom. The van der Waals surface area contributed by atoms with Crippen molar-refractivity contribution in [2.24, 2.45) is 0 Å². The zero-order valence-corrected chi connectivity index (χ0v) is 20.5. The Labute approximate surface area is 215 Å². The molecule has 0 fully saturated rings. The maximum atomic E-state index is 14.5. The highest BCUT2D eigenvalue weighted by molar-refractivity contribution is 6.30. The van der Waals surface area contributed by atoms with E-state index in [1.807, 2.05) is 18.2 Å². The van der Waals surface area contributed by atoms with Crippen LogP contribution in [0.3, 0.4) is 0 Å². The van der Waals surface area contributed by atoms with E-state index in [1.165, 1.54) is 23.0 Å². The molecule has 0 radical (unpaired) electrons. The van der Waals surface area contributed by atoms with Gasteiger partial charge >= 0.3 is 5.97 Å². The van der Waals surface area contributed by atoms with Gasteiger partial charge in [0.05, 0.1) is 16.9 Å². The molecular weight excluding hydrogens is 499 g/mol. The van der Waals surface area contributed by atoms with Gasteiger partial charge in [-0.1, -0.05) is 23.7 Å². The van der Waals surface area contributed by atoms with Crippen LogP contribution in [0.15, 0.2) is 73.2 Å². The van der Waals surface area contributed by atoms with Gasteiger partial charge < -0.3 is 5.11 Å². The summed E-state index contributed by atoms with van der Waals surface area (Å²) in [6.45, 7) is 3.38. The van der Waals surface area contributed by atoms with Gasteiger partial charge in [-0.3, -0.25) is 9.69 Å². The molecular formula is C26H20ClFN6O3. The highest BCUT2D eigenvalue weighted by Gasteiger charge is 2.30. The van der Waals surface area contributed by atoms with Gasteiger partial charge in [0.1, 0.15) is 11.4 Å². The van der Waals surface area contributed by atoms with E-state index in [4.69, 9.17) is 11.6 Å². The van der Waals surface area contributed by atoms with E-state index in [-0.39, 0.29) is 22.0 Å². The fraction of sp³-hybridized carbons (Fsp3) is 0.115. The predicted octanol–water partition coefficient (Wildman–Crippen LogP) is 5.13. The van der Waals surface area contributed by atoms with Gasteiger partial charge in [0, 0.05) is 41.3 Å². The van der Waals surface area contributed by atoms with Gasteiger partial charge in [-0.2, -0.15) is 5.10 Å². The molecule has 0 atom stereocenters. The summed E-state index contributed by atoms with van der Waals surface area (Å²) in [5, 5.41) is 18.9. The summed E-state index contributed by atoms with van der Waals surface area (Å²) in [4.78, 5) is 30.8. The zero-order valence-electron chi connectivity index (χ0n) is 19.7. The van der Waals surface area contributed by atoms with E-state index in [9.17, 15) is 19.1 Å². The number of fused-ring (bicyclic) bond motifs is 1. The number of carboxylic acid groups (broad SMARTS) is 1. The Morgan fingerprint density at radius 3 is 2.46 bits per heavy atom. The lowest BCUT2D eigenvalue weighted by molar-refractivity contribution is 0.0697. The third-order valence-corrected chi connectivity index (χ3v) is 5.95. The van der Waals surface area contributed by atoms with E-state index < -0.39 is 23.7 Å². The van der Waals surface area contributed by atoms with Crippen LogP contribution in [-0.2, 0) is 0 Å². The highest BCUT2D eigenvalue weighted by Crippen LogP contribution is 2.27. The van der Waals surface area contributed by atoms with Gasteiger partial charge in [-0.25, -0.2) is 23.4 Å². The molecule has 3 aromatic heterocycles. The second kappa shape index (κ2) is 9.47. The van der Waals surface area contributed by atoms with Crippen LogP contribution < -0.4 is 4.90 Å². The third-order valence-electron chi connectivity index (χ3n) is 5.71. The van der Waals surface area contributed by atoms with Crippen LogP contribution >= 0.6 is 11.6 Å². The predicted molar refractivity (Wildman–Crippen MR) is 136 cm³/mol. The summed E-state index contributed by atoms with van der Waals surface area (Å²) in [5.41, 5.74) is 2.38. The molecule has 5 rings (SSSR count). The van der Waals surface area contributed by atoms with Crippen molar-refractivity contribution in [1.82, 2.24) is 24.4 Å². The Hall–Kier alpha value is -4.57. The van der Waals surface area contributed by atoms with Crippen LogP contribution in [0.4, 0.5) is 10.2 Å². The highest BCUT2D eigenvalue weighted by atomic mass is 35.5. The summed E-state index contributed by atoms with van der Waals surface area (Å²) >= 11 is 5.82. The molecule has 0 saturated carbocycles. The first-order chi connectivity index (χ1) is 17.7. The molecule has 5 aromatic rings. The van der Waals surface area contributed by atoms with Crippen molar-refractivity contribution in [2.45, 2.75) is 19.9 Å². The first-order valence-electron chi connectivity index (χ1n) is 11.3. The van der Waals surface area contributed by atoms with Crippen molar-refractivity contribution in [3.05, 3.63) is 95.2 Å². The molecule has 0 aliphatic heterocycles. The van der Waals surface area contributed by atoms with Crippen molar-refractivity contribution in [3.8, 4) is 16.9 Å². The average molecular weight is 519 g/mol. The summed E-state index contributed by atoms with van der Waals surface area (Å²) in [6.07, 6.45) is 4.81. The number of benzene rings is 2. The quantitative estimate of drug-likeness (QED) is 0.334. The lowest BCUT2D eigenvalue weighted by Gasteiger charge is -2.25. The van der Waals surface area contributed by atoms with Gasteiger partial charge in [0.2, 0.25) is 0 Å². The first kappa shape index (κ1) is 24.1. The van der Waals surface area contributed by atoms with E-state index in [0.717, 1.165) is 22.2 Å². The second-order valence-corrected chi connectivity index (χ2v) is 8.94. The maximum absolute atomic E-state index is 14.5. The smallest absolute Gasteiger partial charge is 0.341 e. The van der Waals surface area contributed by atoms with Crippen LogP contribution in [0.5, 0.6) is 0 Å². The molecule has 0 bridgehead atoms. The molecule has 0 unspecified atom stereocenters. The number of aromatic carboxylic acids is 1. The van der Waals surface area contributed by atoms with Crippen molar-refractivity contribution in [2.75, 3.05) is 4.90 Å². The van der Waals surface area contributed by atoms with Crippen molar-refractivity contribution >= 4 is 34.9 Å². The lowest BCUT2D eigenvalue weighted by atomic mass is 10.1. The number of anilines is 1. The number of amides is 1. The van der Waals surface area contributed by atoms with Crippen LogP contribution in [0, 0.1) is 5.82 Å². The molecule has 37 heavy (non-hydrogen) atoms. The number of rotatable bonds is 6. The van der Waals surface area contributed by atoms with Crippen LogP contribution in [0.1, 0.15) is 34.6 Å². The van der Waals surface area contributed by atoms with E-state index in [2.05, 4.69) is 15.2 Å². The number of hydrogen-bond donors (Lipinski definition) is 1. The number of carboxylic acids is 1. The molecule has 9 nitrogen and oxygen atoms in total. The molecule has 0 saturated heterocycles. The molecule has 186 valence electrons. The van der Waals surface area contributed by atoms with Crippen molar-refractivity contribution < 1.29 is 19.1 Å². The van der Waals surface area contributed by atoms with Crippen LogP contribution in [-0.4, -0.2) is 47.4 Å². The lowest BCUT2D eigenvalue weighted by Crippen LogP contribution is -2.38. The molecule has 0 spiro atoms. The largest absolute Gasteiger partial charge is 0.477 e. The summed E-state index contributed by atoms with van der Waals surface area (Å²) in [6, 6.07) is 14.0. The fourth-order valence-electron chi connectivity index (χ4n) is 3.95. The molecule has 3 heterocycles. The maximum Gasteiger partial charge on any atom is 0.341 e.